The highest BCUT2D eigenvalue weighted by atomic mass is 28.4. The molecule has 0 aromatic rings. The van der Waals surface area contributed by atoms with E-state index in [0.29, 0.717) is 16.6 Å². The maximum Gasteiger partial charge on any atom is 0.200 e. The Morgan fingerprint density at radius 1 is 1.13 bits per heavy atom. The maximum atomic E-state index is 12.1. The maximum absolute atomic E-state index is 12.1. The molecule has 0 bridgehead atoms. The standard InChI is InChI=1S/C20H36O2Si/c1-16(2)23(17(3)4,18(5)6)22-15-11-10-14-20(21)19-12-8-7-9-13-19/h10,12,14,16-18H,7-9,11,13,15H2,1-6H3/b14-10+. The highest BCUT2D eigenvalue weighted by Gasteiger charge is 2.44. The third kappa shape index (κ3) is 5.42. The van der Waals surface area contributed by atoms with E-state index in [1.807, 2.05) is 6.08 Å². The van der Waals surface area contributed by atoms with Gasteiger partial charge in [0.25, 0.3) is 0 Å². The molecule has 0 spiro atoms. The monoisotopic (exact) mass is 336 g/mol. The van der Waals surface area contributed by atoms with Crippen molar-refractivity contribution in [2.75, 3.05) is 6.61 Å². The second-order valence-corrected chi connectivity index (χ2v) is 13.2. The van der Waals surface area contributed by atoms with E-state index >= 15 is 0 Å². The fourth-order valence-electron chi connectivity index (χ4n) is 4.16. The summed E-state index contributed by atoms with van der Waals surface area (Å²) in [6.45, 7) is 14.6. The zero-order valence-corrected chi connectivity index (χ0v) is 17.0. The van der Waals surface area contributed by atoms with Gasteiger partial charge in [-0.25, -0.2) is 0 Å². The molecule has 23 heavy (non-hydrogen) atoms. The van der Waals surface area contributed by atoms with Gasteiger partial charge in [-0.3, -0.25) is 4.79 Å². The summed E-state index contributed by atoms with van der Waals surface area (Å²) < 4.78 is 6.50. The molecule has 0 N–H and O–H groups in total. The molecule has 132 valence electrons. The van der Waals surface area contributed by atoms with Crippen molar-refractivity contribution in [2.45, 2.75) is 90.3 Å². The second-order valence-electron chi connectivity index (χ2n) is 7.70. The summed E-state index contributed by atoms with van der Waals surface area (Å²) in [6, 6.07) is 0. The van der Waals surface area contributed by atoms with Crippen LogP contribution >= 0.6 is 0 Å². The van der Waals surface area contributed by atoms with E-state index in [4.69, 9.17) is 4.43 Å². The first kappa shape index (κ1) is 20.4. The molecule has 0 radical (unpaired) electrons. The summed E-state index contributed by atoms with van der Waals surface area (Å²) in [6.07, 6.45) is 11.1. The number of carbonyl (C=O) groups is 1. The summed E-state index contributed by atoms with van der Waals surface area (Å²) in [4.78, 5) is 12.1. The first-order chi connectivity index (χ1) is 10.8. The fourth-order valence-corrected chi connectivity index (χ4v) is 9.63. The largest absolute Gasteiger partial charge is 0.416 e. The molecule has 0 aromatic carbocycles. The van der Waals surface area contributed by atoms with Gasteiger partial charge in [0.05, 0.1) is 0 Å². The van der Waals surface area contributed by atoms with Crippen molar-refractivity contribution < 1.29 is 9.22 Å². The number of ketones is 1. The van der Waals surface area contributed by atoms with Crippen LogP contribution in [0.15, 0.2) is 23.8 Å². The third-order valence-electron chi connectivity index (χ3n) is 5.22. The van der Waals surface area contributed by atoms with E-state index in [1.165, 1.54) is 6.42 Å². The van der Waals surface area contributed by atoms with Crippen molar-refractivity contribution >= 4 is 14.1 Å². The minimum Gasteiger partial charge on any atom is -0.416 e. The number of allylic oxidation sites excluding steroid dienone is 3. The lowest BCUT2D eigenvalue weighted by Crippen LogP contribution is -2.47. The highest BCUT2D eigenvalue weighted by molar-refractivity contribution is 6.77. The van der Waals surface area contributed by atoms with Gasteiger partial charge in [-0.2, -0.15) is 0 Å². The lowest BCUT2D eigenvalue weighted by Gasteiger charge is -2.42. The predicted octanol–water partition coefficient (Wildman–Crippen LogP) is 6.19. The number of rotatable bonds is 9. The Hall–Kier alpha value is -0.673. The SMILES string of the molecule is CC(C)[Si](OCC/C=C/C(=O)C1=CCCCC1)(C(C)C)C(C)C. The molecule has 0 heterocycles. The van der Waals surface area contributed by atoms with Crippen LogP contribution in [0.25, 0.3) is 0 Å². The van der Waals surface area contributed by atoms with E-state index in [2.05, 4.69) is 47.6 Å². The van der Waals surface area contributed by atoms with Crippen LogP contribution in [0.2, 0.25) is 16.6 Å². The Morgan fingerprint density at radius 2 is 1.74 bits per heavy atom. The molecule has 1 aliphatic carbocycles. The van der Waals surface area contributed by atoms with Crippen molar-refractivity contribution in [1.82, 2.24) is 0 Å². The van der Waals surface area contributed by atoms with Gasteiger partial charge in [0.1, 0.15) is 0 Å². The molecule has 1 rings (SSSR count). The minimum atomic E-state index is -1.77. The molecule has 0 fully saturated rings. The molecule has 0 aliphatic heterocycles. The Labute approximate surface area is 144 Å². The molecule has 0 saturated heterocycles. The van der Waals surface area contributed by atoms with Crippen LogP contribution in [0.1, 0.15) is 73.6 Å². The van der Waals surface area contributed by atoms with Crippen LogP contribution < -0.4 is 0 Å². The minimum absolute atomic E-state index is 0.199. The lowest BCUT2D eigenvalue weighted by molar-refractivity contribution is -0.111. The van der Waals surface area contributed by atoms with Crippen molar-refractivity contribution in [2.24, 2.45) is 0 Å². The number of carbonyl (C=O) groups excluding carboxylic acids is 1. The predicted molar refractivity (Wildman–Crippen MR) is 102 cm³/mol. The van der Waals surface area contributed by atoms with Gasteiger partial charge in [-0.15, -0.1) is 0 Å². The molecule has 0 unspecified atom stereocenters. The molecule has 3 heteroatoms. The first-order valence-corrected chi connectivity index (χ1v) is 11.5. The van der Waals surface area contributed by atoms with Crippen LogP contribution in [0.3, 0.4) is 0 Å². The van der Waals surface area contributed by atoms with Gasteiger partial charge in [-0.1, -0.05) is 53.7 Å². The van der Waals surface area contributed by atoms with Crippen molar-refractivity contribution in [3.8, 4) is 0 Å². The number of hydrogen-bond donors (Lipinski definition) is 0. The third-order valence-corrected chi connectivity index (χ3v) is 11.3. The zero-order chi connectivity index (χ0) is 17.5. The van der Waals surface area contributed by atoms with Crippen LogP contribution in [0.5, 0.6) is 0 Å². The van der Waals surface area contributed by atoms with Gasteiger partial charge in [0, 0.05) is 6.61 Å². The van der Waals surface area contributed by atoms with E-state index in [-0.39, 0.29) is 5.78 Å². The average Bonchev–Trinajstić information content (AvgIpc) is 2.50. The van der Waals surface area contributed by atoms with Crippen molar-refractivity contribution in [3.05, 3.63) is 23.8 Å². The summed E-state index contributed by atoms with van der Waals surface area (Å²) in [5.41, 5.74) is 2.84. The Bertz CT molecular complexity index is 411. The van der Waals surface area contributed by atoms with Crippen LogP contribution in [-0.2, 0) is 9.22 Å². The van der Waals surface area contributed by atoms with E-state index < -0.39 is 8.32 Å². The molecule has 0 atom stereocenters. The van der Waals surface area contributed by atoms with Crippen molar-refractivity contribution in [3.63, 3.8) is 0 Å². The molecule has 0 amide bonds. The normalized spacial score (nSPS) is 16.7. The van der Waals surface area contributed by atoms with Crippen LogP contribution in [-0.4, -0.2) is 20.7 Å². The Kier molecular flexibility index (Phi) is 8.49. The van der Waals surface area contributed by atoms with E-state index in [0.717, 1.165) is 37.9 Å². The smallest absolute Gasteiger partial charge is 0.200 e. The zero-order valence-electron chi connectivity index (χ0n) is 16.0. The first-order valence-electron chi connectivity index (χ1n) is 9.36. The Balaban J connectivity index is 2.52. The highest BCUT2D eigenvalue weighted by Crippen LogP contribution is 2.42. The van der Waals surface area contributed by atoms with Gasteiger partial charge in [0.15, 0.2) is 14.1 Å². The summed E-state index contributed by atoms with van der Waals surface area (Å²) in [5.74, 6) is 0.199. The van der Waals surface area contributed by atoms with E-state index in [9.17, 15) is 4.79 Å². The summed E-state index contributed by atoms with van der Waals surface area (Å²) in [7, 11) is -1.77. The number of hydrogen-bond acceptors (Lipinski definition) is 2. The second kappa shape index (κ2) is 9.58. The van der Waals surface area contributed by atoms with E-state index in [1.54, 1.807) is 6.08 Å². The molecular weight excluding hydrogens is 300 g/mol. The van der Waals surface area contributed by atoms with Gasteiger partial charge >= 0.3 is 0 Å². The quantitative estimate of drug-likeness (QED) is 0.285. The Morgan fingerprint density at radius 3 is 2.22 bits per heavy atom. The fraction of sp³-hybridized carbons (Fsp3) is 0.750. The topological polar surface area (TPSA) is 26.3 Å². The lowest BCUT2D eigenvalue weighted by atomic mass is 9.96. The van der Waals surface area contributed by atoms with Crippen molar-refractivity contribution in [1.29, 1.82) is 0 Å². The van der Waals surface area contributed by atoms with Crippen LogP contribution in [0, 0.1) is 0 Å². The molecule has 0 saturated carbocycles. The van der Waals surface area contributed by atoms with Crippen LogP contribution in [0.4, 0.5) is 0 Å². The average molecular weight is 337 g/mol. The molecule has 2 nitrogen and oxygen atoms in total. The molecule has 1 aliphatic rings. The summed E-state index contributed by atoms with van der Waals surface area (Å²) in [5, 5.41) is 0. The van der Waals surface area contributed by atoms with Gasteiger partial charge in [0.2, 0.25) is 0 Å². The molecule has 0 aromatic heterocycles. The molecular formula is C20H36O2Si. The summed E-state index contributed by atoms with van der Waals surface area (Å²) >= 11 is 0. The van der Waals surface area contributed by atoms with Gasteiger partial charge in [-0.05, 0) is 60.4 Å². The van der Waals surface area contributed by atoms with Gasteiger partial charge < -0.3 is 4.43 Å².